The summed E-state index contributed by atoms with van der Waals surface area (Å²) in [4.78, 5) is 8.63. The Bertz CT molecular complexity index is 562. The SMILES string of the molecule is CCCNC(c1ccccc1Cl)c1nccnc1OC. The third-order valence-corrected chi connectivity index (χ3v) is 3.32. The number of aromatic nitrogens is 2. The molecule has 5 heteroatoms. The van der Waals surface area contributed by atoms with Gasteiger partial charge in [-0.15, -0.1) is 0 Å². The summed E-state index contributed by atoms with van der Waals surface area (Å²) < 4.78 is 5.31. The first-order valence-corrected chi connectivity index (χ1v) is 6.98. The van der Waals surface area contributed by atoms with Crippen molar-refractivity contribution in [1.29, 1.82) is 0 Å². The van der Waals surface area contributed by atoms with Gasteiger partial charge in [-0.25, -0.2) is 4.98 Å². The van der Waals surface area contributed by atoms with Gasteiger partial charge in [-0.1, -0.05) is 36.7 Å². The molecule has 0 aliphatic carbocycles. The molecule has 4 nitrogen and oxygen atoms in total. The van der Waals surface area contributed by atoms with Gasteiger partial charge in [0.1, 0.15) is 5.69 Å². The monoisotopic (exact) mass is 291 g/mol. The lowest BCUT2D eigenvalue weighted by molar-refractivity contribution is 0.382. The van der Waals surface area contributed by atoms with Crippen molar-refractivity contribution in [2.45, 2.75) is 19.4 Å². The predicted octanol–water partition coefficient (Wildman–Crippen LogP) is 3.23. The van der Waals surface area contributed by atoms with Gasteiger partial charge in [-0.05, 0) is 24.6 Å². The molecule has 0 fully saturated rings. The molecule has 20 heavy (non-hydrogen) atoms. The Morgan fingerprint density at radius 1 is 1.25 bits per heavy atom. The zero-order valence-corrected chi connectivity index (χ0v) is 12.4. The average molecular weight is 292 g/mol. The number of nitrogens with one attached hydrogen (secondary N) is 1. The highest BCUT2D eigenvalue weighted by molar-refractivity contribution is 6.31. The first-order valence-electron chi connectivity index (χ1n) is 6.60. The van der Waals surface area contributed by atoms with E-state index in [4.69, 9.17) is 16.3 Å². The first kappa shape index (κ1) is 14.8. The Hall–Kier alpha value is -1.65. The molecule has 0 amide bonds. The van der Waals surface area contributed by atoms with E-state index in [-0.39, 0.29) is 6.04 Å². The number of methoxy groups -OCH3 is 1. The van der Waals surface area contributed by atoms with Crippen LogP contribution in [-0.2, 0) is 0 Å². The maximum absolute atomic E-state index is 6.31. The molecule has 0 saturated carbocycles. The Balaban J connectivity index is 2.44. The topological polar surface area (TPSA) is 47.0 Å². The Kier molecular flexibility index (Phi) is 5.32. The zero-order chi connectivity index (χ0) is 14.4. The van der Waals surface area contributed by atoms with Gasteiger partial charge in [0, 0.05) is 17.4 Å². The van der Waals surface area contributed by atoms with Crippen molar-refractivity contribution in [3.8, 4) is 5.88 Å². The lowest BCUT2D eigenvalue weighted by atomic mass is 10.0. The quantitative estimate of drug-likeness (QED) is 0.888. The van der Waals surface area contributed by atoms with Crippen LogP contribution in [0, 0.1) is 0 Å². The van der Waals surface area contributed by atoms with Gasteiger partial charge in [-0.3, -0.25) is 4.98 Å². The smallest absolute Gasteiger partial charge is 0.237 e. The molecular formula is C15H18ClN3O. The maximum atomic E-state index is 6.31. The molecule has 2 aromatic rings. The minimum atomic E-state index is -0.132. The van der Waals surface area contributed by atoms with E-state index in [9.17, 15) is 0 Å². The molecule has 1 aromatic heterocycles. The van der Waals surface area contributed by atoms with Gasteiger partial charge in [0.2, 0.25) is 5.88 Å². The first-order chi connectivity index (χ1) is 9.77. The molecule has 0 bridgehead atoms. The summed E-state index contributed by atoms with van der Waals surface area (Å²) in [7, 11) is 1.59. The fourth-order valence-corrected chi connectivity index (χ4v) is 2.29. The summed E-state index contributed by atoms with van der Waals surface area (Å²) >= 11 is 6.31. The maximum Gasteiger partial charge on any atom is 0.237 e. The number of benzene rings is 1. The Morgan fingerprint density at radius 2 is 2.00 bits per heavy atom. The van der Waals surface area contributed by atoms with Crippen molar-refractivity contribution in [2.24, 2.45) is 0 Å². The number of rotatable bonds is 6. The second-order valence-electron chi connectivity index (χ2n) is 4.36. The number of nitrogens with zero attached hydrogens (tertiary/aromatic N) is 2. The van der Waals surface area contributed by atoms with Crippen molar-refractivity contribution in [3.63, 3.8) is 0 Å². The summed E-state index contributed by atoms with van der Waals surface area (Å²) in [6.45, 7) is 2.97. The van der Waals surface area contributed by atoms with E-state index in [1.54, 1.807) is 19.5 Å². The van der Waals surface area contributed by atoms with Gasteiger partial charge in [-0.2, -0.15) is 0 Å². The summed E-state index contributed by atoms with van der Waals surface area (Å²) in [5, 5.41) is 4.15. The molecule has 1 N–H and O–H groups in total. The second-order valence-corrected chi connectivity index (χ2v) is 4.77. The second kappa shape index (κ2) is 7.22. The minimum absolute atomic E-state index is 0.132. The average Bonchev–Trinajstić information content (AvgIpc) is 2.49. The molecule has 106 valence electrons. The lowest BCUT2D eigenvalue weighted by Crippen LogP contribution is -2.25. The Labute approximate surface area is 124 Å². The molecule has 0 spiro atoms. The number of ether oxygens (including phenoxy) is 1. The number of halogens is 1. The molecule has 1 aromatic carbocycles. The zero-order valence-electron chi connectivity index (χ0n) is 11.6. The highest BCUT2D eigenvalue weighted by Gasteiger charge is 2.21. The van der Waals surface area contributed by atoms with E-state index in [0.29, 0.717) is 10.9 Å². The van der Waals surface area contributed by atoms with Crippen molar-refractivity contribution < 1.29 is 4.74 Å². The largest absolute Gasteiger partial charge is 0.480 e. The molecular weight excluding hydrogens is 274 g/mol. The van der Waals surface area contributed by atoms with Gasteiger partial charge >= 0.3 is 0 Å². The third kappa shape index (κ3) is 3.26. The van der Waals surface area contributed by atoms with Crippen LogP contribution in [0.2, 0.25) is 5.02 Å². The highest BCUT2D eigenvalue weighted by atomic mass is 35.5. The minimum Gasteiger partial charge on any atom is -0.480 e. The van der Waals surface area contributed by atoms with Crippen LogP contribution in [0.25, 0.3) is 0 Å². The molecule has 0 aliphatic heterocycles. The van der Waals surface area contributed by atoms with Crippen LogP contribution in [0.4, 0.5) is 0 Å². The molecule has 0 aliphatic rings. The van der Waals surface area contributed by atoms with Gasteiger partial charge < -0.3 is 10.1 Å². The van der Waals surface area contributed by atoms with Crippen LogP contribution in [0.1, 0.15) is 30.6 Å². The predicted molar refractivity (Wildman–Crippen MR) is 80.2 cm³/mol. The van der Waals surface area contributed by atoms with Crippen molar-refractivity contribution in [1.82, 2.24) is 15.3 Å². The van der Waals surface area contributed by atoms with E-state index in [0.717, 1.165) is 24.2 Å². The molecule has 0 radical (unpaired) electrons. The van der Waals surface area contributed by atoms with Crippen LogP contribution in [-0.4, -0.2) is 23.6 Å². The Morgan fingerprint density at radius 3 is 2.70 bits per heavy atom. The standard InChI is InChI=1S/C15H18ClN3O/c1-3-8-17-13(11-6-4-5-7-12(11)16)14-15(20-2)19-10-9-18-14/h4-7,9-10,13,17H,3,8H2,1-2H3. The van der Waals surface area contributed by atoms with Crippen LogP contribution >= 0.6 is 11.6 Å². The van der Waals surface area contributed by atoms with E-state index < -0.39 is 0 Å². The molecule has 0 saturated heterocycles. The summed E-state index contributed by atoms with van der Waals surface area (Å²) in [5.41, 5.74) is 1.72. The van der Waals surface area contributed by atoms with Crippen molar-refractivity contribution in [2.75, 3.05) is 13.7 Å². The number of hydrogen-bond acceptors (Lipinski definition) is 4. The molecule has 2 rings (SSSR count). The van der Waals surface area contributed by atoms with Gasteiger partial charge in [0.05, 0.1) is 13.2 Å². The molecule has 1 heterocycles. The fraction of sp³-hybridized carbons (Fsp3) is 0.333. The fourth-order valence-electron chi connectivity index (χ4n) is 2.04. The van der Waals surface area contributed by atoms with Crippen LogP contribution in [0.3, 0.4) is 0 Å². The van der Waals surface area contributed by atoms with E-state index in [1.807, 2.05) is 24.3 Å². The van der Waals surface area contributed by atoms with Crippen LogP contribution in [0.5, 0.6) is 5.88 Å². The van der Waals surface area contributed by atoms with Crippen LogP contribution < -0.4 is 10.1 Å². The van der Waals surface area contributed by atoms with Gasteiger partial charge in [0.15, 0.2) is 0 Å². The molecule has 1 atom stereocenters. The van der Waals surface area contributed by atoms with E-state index >= 15 is 0 Å². The van der Waals surface area contributed by atoms with Crippen molar-refractivity contribution >= 4 is 11.6 Å². The lowest BCUT2D eigenvalue weighted by Gasteiger charge is -2.20. The molecule has 1 unspecified atom stereocenters. The summed E-state index contributed by atoms with van der Waals surface area (Å²) in [6.07, 6.45) is 4.30. The summed E-state index contributed by atoms with van der Waals surface area (Å²) in [5.74, 6) is 0.515. The van der Waals surface area contributed by atoms with E-state index in [2.05, 4.69) is 22.2 Å². The van der Waals surface area contributed by atoms with Crippen molar-refractivity contribution in [3.05, 3.63) is 52.9 Å². The number of hydrogen-bond donors (Lipinski definition) is 1. The highest BCUT2D eigenvalue weighted by Crippen LogP contribution is 2.30. The van der Waals surface area contributed by atoms with E-state index in [1.165, 1.54) is 0 Å². The summed E-state index contributed by atoms with van der Waals surface area (Å²) in [6, 6.07) is 7.61. The normalized spacial score (nSPS) is 12.2. The van der Waals surface area contributed by atoms with Gasteiger partial charge in [0.25, 0.3) is 0 Å². The third-order valence-electron chi connectivity index (χ3n) is 2.97. The van der Waals surface area contributed by atoms with Crippen LogP contribution in [0.15, 0.2) is 36.7 Å².